The molecule has 0 unspecified atom stereocenters. The molecule has 1 nitrogen and oxygen atoms in total. The first-order chi connectivity index (χ1) is 9.46. The number of nitrogens with zero attached hydrogens (tertiary/aromatic N) is 1. The smallest absolute Gasteiger partial charge is 0.0361 e. The van der Waals surface area contributed by atoms with Gasteiger partial charge < -0.3 is 4.90 Å². The molecule has 0 heterocycles. The third-order valence-electron chi connectivity index (χ3n) is 3.37. The summed E-state index contributed by atoms with van der Waals surface area (Å²) < 4.78 is 0. The minimum atomic E-state index is 0.110. The predicted molar refractivity (Wildman–Crippen MR) is 89.9 cm³/mol. The largest absolute Gasteiger partial charge is 0.378 e. The summed E-state index contributed by atoms with van der Waals surface area (Å²) in [6.07, 6.45) is 15.2. The molecule has 0 aliphatic heterocycles. The van der Waals surface area contributed by atoms with Crippen molar-refractivity contribution in [2.75, 3.05) is 19.0 Å². The molecule has 0 aromatic heterocycles. The number of hydrogen-bond acceptors (Lipinski definition) is 1. The van der Waals surface area contributed by atoms with Crippen molar-refractivity contribution in [3.05, 3.63) is 71.9 Å². The number of anilines is 1. The van der Waals surface area contributed by atoms with Gasteiger partial charge in [0.25, 0.3) is 0 Å². The van der Waals surface area contributed by atoms with E-state index >= 15 is 0 Å². The van der Waals surface area contributed by atoms with Crippen LogP contribution in [0.25, 0.3) is 6.08 Å². The predicted octanol–water partition coefficient (Wildman–Crippen LogP) is 4.84. The topological polar surface area (TPSA) is 3.24 Å². The van der Waals surface area contributed by atoms with E-state index in [0.717, 1.165) is 0 Å². The Bertz CT molecular complexity index is 566. The van der Waals surface area contributed by atoms with Crippen molar-refractivity contribution in [2.24, 2.45) is 5.41 Å². The second kappa shape index (κ2) is 5.96. The van der Waals surface area contributed by atoms with Crippen LogP contribution in [0.3, 0.4) is 0 Å². The average molecular weight is 265 g/mol. The molecule has 0 spiro atoms. The van der Waals surface area contributed by atoms with E-state index in [2.05, 4.69) is 99.6 Å². The van der Waals surface area contributed by atoms with Gasteiger partial charge in [-0.3, -0.25) is 0 Å². The molecule has 1 aliphatic carbocycles. The summed E-state index contributed by atoms with van der Waals surface area (Å²) in [4.78, 5) is 2.11. The van der Waals surface area contributed by atoms with Crippen molar-refractivity contribution in [3.8, 4) is 0 Å². The van der Waals surface area contributed by atoms with Gasteiger partial charge in [0.15, 0.2) is 0 Å². The van der Waals surface area contributed by atoms with E-state index in [1.54, 1.807) is 0 Å². The van der Waals surface area contributed by atoms with Gasteiger partial charge in [-0.25, -0.2) is 0 Å². The first kappa shape index (κ1) is 14.4. The van der Waals surface area contributed by atoms with Gasteiger partial charge in [-0.1, -0.05) is 62.4 Å². The molecule has 0 saturated heterocycles. The maximum atomic E-state index is 2.24. The first-order valence-corrected chi connectivity index (χ1v) is 7.00. The molecule has 0 radical (unpaired) electrons. The standard InChI is InChI=1S/C19H23N/c1-19(2)13-6-5-7-16(12-14-19)15-17-8-10-18(11-9-17)20(3)4/h5-15H,1-4H3/b7-5?,13-6?,14-12?,16-15+. The highest BCUT2D eigenvalue weighted by Gasteiger charge is 2.08. The molecule has 0 saturated carbocycles. The lowest BCUT2D eigenvalue weighted by atomic mass is 9.90. The van der Waals surface area contributed by atoms with Crippen LogP contribution in [-0.2, 0) is 0 Å². The van der Waals surface area contributed by atoms with E-state index in [4.69, 9.17) is 0 Å². The van der Waals surface area contributed by atoms with Crippen LogP contribution in [0.2, 0.25) is 0 Å². The Morgan fingerprint density at radius 2 is 1.60 bits per heavy atom. The van der Waals surface area contributed by atoms with Crippen LogP contribution >= 0.6 is 0 Å². The molecule has 1 aromatic rings. The van der Waals surface area contributed by atoms with E-state index < -0.39 is 0 Å². The van der Waals surface area contributed by atoms with Gasteiger partial charge in [0.1, 0.15) is 0 Å². The Kier molecular flexibility index (Phi) is 4.29. The zero-order chi connectivity index (χ0) is 14.6. The molecular weight excluding hydrogens is 242 g/mol. The highest BCUT2D eigenvalue weighted by Crippen LogP contribution is 2.23. The number of hydrogen-bond donors (Lipinski definition) is 0. The Labute approximate surface area is 122 Å². The zero-order valence-corrected chi connectivity index (χ0v) is 12.8. The van der Waals surface area contributed by atoms with Crippen molar-refractivity contribution in [1.29, 1.82) is 0 Å². The monoisotopic (exact) mass is 265 g/mol. The zero-order valence-electron chi connectivity index (χ0n) is 12.8. The van der Waals surface area contributed by atoms with Gasteiger partial charge in [0, 0.05) is 25.2 Å². The maximum absolute atomic E-state index is 2.24. The summed E-state index contributed by atoms with van der Waals surface area (Å²) in [6, 6.07) is 8.60. The molecule has 0 atom stereocenters. The molecule has 0 N–H and O–H groups in total. The van der Waals surface area contributed by atoms with Crippen LogP contribution in [0.4, 0.5) is 5.69 Å². The lowest BCUT2D eigenvalue weighted by Crippen LogP contribution is -2.07. The van der Waals surface area contributed by atoms with Crippen LogP contribution in [0.15, 0.2) is 66.3 Å². The summed E-state index contributed by atoms with van der Waals surface area (Å²) in [5, 5.41) is 0. The van der Waals surface area contributed by atoms with Gasteiger partial charge in [-0.05, 0) is 29.3 Å². The van der Waals surface area contributed by atoms with E-state index in [1.165, 1.54) is 16.8 Å². The van der Waals surface area contributed by atoms with Crippen LogP contribution in [0, 0.1) is 5.41 Å². The second-order valence-corrected chi connectivity index (χ2v) is 6.00. The maximum Gasteiger partial charge on any atom is 0.0361 e. The molecule has 1 aromatic carbocycles. The van der Waals surface area contributed by atoms with E-state index in [9.17, 15) is 0 Å². The van der Waals surface area contributed by atoms with Gasteiger partial charge in [0.05, 0.1) is 0 Å². The summed E-state index contributed by atoms with van der Waals surface area (Å²) >= 11 is 0. The summed E-state index contributed by atoms with van der Waals surface area (Å²) in [6.45, 7) is 4.42. The van der Waals surface area contributed by atoms with Crippen molar-refractivity contribution < 1.29 is 0 Å². The number of benzene rings is 1. The Morgan fingerprint density at radius 3 is 2.25 bits per heavy atom. The van der Waals surface area contributed by atoms with Crippen LogP contribution in [0.1, 0.15) is 19.4 Å². The van der Waals surface area contributed by atoms with Gasteiger partial charge in [0.2, 0.25) is 0 Å². The quantitative estimate of drug-likeness (QED) is 0.739. The van der Waals surface area contributed by atoms with Crippen molar-refractivity contribution in [1.82, 2.24) is 0 Å². The lowest BCUT2D eigenvalue weighted by Gasteiger charge is -2.15. The fraction of sp³-hybridized carbons (Fsp3) is 0.263. The molecule has 2 rings (SSSR count). The van der Waals surface area contributed by atoms with Crippen LogP contribution < -0.4 is 4.90 Å². The van der Waals surface area contributed by atoms with E-state index in [-0.39, 0.29) is 5.41 Å². The average Bonchev–Trinajstić information content (AvgIpc) is 2.39. The minimum absolute atomic E-state index is 0.110. The number of allylic oxidation sites excluding steroid dienone is 7. The van der Waals surface area contributed by atoms with Gasteiger partial charge in [-0.15, -0.1) is 0 Å². The van der Waals surface area contributed by atoms with Gasteiger partial charge in [-0.2, -0.15) is 0 Å². The Balaban J connectivity index is 2.26. The van der Waals surface area contributed by atoms with E-state index in [1.807, 2.05) is 0 Å². The molecule has 20 heavy (non-hydrogen) atoms. The van der Waals surface area contributed by atoms with Crippen LogP contribution in [0.5, 0.6) is 0 Å². The molecule has 0 fully saturated rings. The van der Waals surface area contributed by atoms with Gasteiger partial charge >= 0.3 is 0 Å². The summed E-state index contributed by atoms with van der Waals surface area (Å²) in [7, 11) is 4.12. The van der Waals surface area contributed by atoms with E-state index in [0.29, 0.717) is 0 Å². The third-order valence-corrected chi connectivity index (χ3v) is 3.37. The van der Waals surface area contributed by atoms with Crippen molar-refractivity contribution in [3.63, 3.8) is 0 Å². The lowest BCUT2D eigenvalue weighted by molar-refractivity contribution is 0.625. The normalized spacial score (nSPS) is 18.9. The van der Waals surface area contributed by atoms with Crippen molar-refractivity contribution >= 4 is 11.8 Å². The highest BCUT2D eigenvalue weighted by atomic mass is 15.1. The van der Waals surface area contributed by atoms with Crippen molar-refractivity contribution in [2.45, 2.75) is 13.8 Å². The second-order valence-electron chi connectivity index (χ2n) is 6.00. The third kappa shape index (κ3) is 3.99. The molecule has 0 amide bonds. The molecule has 104 valence electrons. The number of rotatable bonds is 2. The Morgan fingerprint density at radius 1 is 0.900 bits per heavy atom. The summed E-state index contributed by atoms with van der Waals surface area (Å²) in [5.41, 5.74) is 3.78. The van der Waals surface area contributed by atoms with Crippen LogP contribution in [-0.4, -0.2) is 14.1 Å². The molecule has 1 heteroatoms. The molecule has 0 bridgehead atoms. The fourth-order valence-electron chi connectivity index (χ4n) is 2.05. The SMILES string of the molecule is CN(C)c1ccc(/C=C2\C=CC=CC(C)(C)C=C2)cc1. The molecule has 1 aliphatic rings. The first-order valence-electron chi connectivity index (χ1n) is 7.00. The fourth-order valence-corrected chi connectivity index (χ4v) is 2.05. The summed E-state index contributed by atoms with van der Waals surface area (Å²) in [5.74, 6) is 0. The molecular formula is C19H23N. The highest BCUT2D eigenvalue weighted by molar-refractivity contribution is 5.62. The Hall–Kier alpha value is -2.02. The minimum Gasteiger partial charge on any atom is -0.378 e.